The third-order valence-corrected chi connectivity index (χ3v) is 4.46. The number of nitrogens with zero attached hydrogens (tertiary/aromatic N) is 1. The van der Waals surface area contributed by atoms with Crippen molar-refractivity contribution >= 4 is 29.1 Å². The van der Waals surface area contributed by atoms with Crippen molar-refractivity contribution in [1.29, 1.82) is 0 Å². The van der Waals surface area contributed by atoms with E-state index in [1.807, 2.05) is 32.0 Å². The first kappa shape index (κ1) is 16.6. The molecule has 1 heterocycles. The number of amides is 1. The zero-order valence-corrected chi connectivity index (χ0v) is 14.0. The van der Waals surface area contributed by atoms with Crippen molar-refractivity contribution in [3.63, 3.8) is 0 Å². The molecular formula is C16H22Cl2N2O. The maximum atomic E-state index is 12.2. The molecule has 1 aromatic carbocycles. The van der Waals surface area contributed by atoms with Crippen molar-refractivity contribution in [3.8, 4) is 0 Å². The molecule has 1 amide bonds. The van der Waals surface area contributed by atoms with Crippen molar-refractivity contribution in [2.24, 2.45) is 5.92 Å². The zero-order chi connectivity index (χ0) is 15.4. The summed E-state index contributed by atoms with van der Waals surface area (Å²) in [6.45, 7) is 6.42. The number of hydrogen-bond donors (Lipinski definition) is 1. The van der Waals surface area contributed by atoms with E-state index in [2.05, 4.69) is 10.2 Å². The van der Waals surface area contributed by atoms with Gasteiger partial charge in [-0.2, -0.15) is 0 Å². The average Bonchev–Trinajstić information content (AvgIpc) is 2.43. The normalized spacial score (nSPS) is 19.8. The molecule has 1 saturated heterocycles. The minimum Gasteiger partial charge on any atom is -0.354 e. The Balaban J connectivity index is 2.00. The SMILES string of the molecule is CC(C)NC(=O)[C@@H]1CCCN(Cc2c(Cl)cccc2Cl)C1. The van der Waals surface area contributed by atoms with Crippen LogP contribution in [0.15, 0.2) is 18.2 Å². The van der Waals surface area contributed by atoms with Crippen molar-refractivity contribution in [3.05, 3.63) is 33.8 Å². The third kappa shape index (κ3) is 4.60. The molecule has 1 atom stereocenters. The van der Waals surface area contributed by atoms with Crippen LogP contribution >= 0.6 is 23.2 Å². The molecular weight excluding hydrogens is 307 g/mol. The lowest BCUT2D eigenvalue weighted by atomic mass is 9.96. The summed E-state index contributed by atoms with van der Waals surface area (Å²) in [4.78, 5) is 14.4. The standard InChI is InChI=1S/C16H22Cl2N2O/c1-11(2)19-16(21)12-5-4-8-20(9-12)10-13-14(17)6-3-7-15(13)18/h3,6-7,11-12H,4-5,8-10H2,1-2H3,(H,19,21)/t12-/m1/s1. The van der Waals surface area contributed by atoms with Gasteiger partial charge in [0, 0.05) is 34.7 Å². The lowest BCUT2D eigenvalue weighted by molar-refractivity contribution is -0.127. The van der Waals surface area contributed by atoms with E-state index >= 15 is 0 Å². The van der Waals surface area contributed by atoms with Gasteiger partial charge in [-0.3, -0.25) is 9.69 Å². The molecule has 0 aliphatic carbocycles. The molecule has 0 aromatic heterocycles. The van der Waals surface area contributed by atoms with Gasteiger partial charge in [-0.05, 0) is 45.4 Å². The highest BCUT2D eigenvalue weighted by Gasteiger charge is 2.26. The number of halogens is 2. The molecule has 0 radical (unpaired) electrons. The molecule has 1 fully saturated rings. The van der Waals surface area contributed by atoms with Gasteiger partial charge in [0.2, 0.25) is 5.91 Å². The molecule has 1 aliphatic heterocycles. The van der Waals surface area contributed by atoms with Crippen LogP contribution in [0, 0.1) is 5.92 Å². The van der Waals surface area contributed by atoms with E-state index in [1.165, 1.54) is 0 Å². The topological polar surface area (TPSA) is 32.3 Å². The van der Waals surface area contributed by atoms with Crippen LogP contribution in [0.4, 0.5) is 0 Å². The van der Waals surface area contributed by atoms with Crippen LogP contribution < -0.4 is 5.32 Å². The van der Waals surface area contributed by atoms with Crippen LogP contribution in [0.5, 0.6) is 0 Å². The molecule has 3 nitrogen and oxygen atoms in total. The number of likely N-dealkylation sites (tertiary alicyclic amines) is 1. The van der Waals surface area contributed by atoms with Gasteiger partial charge in [-0.15, -0.1) is 0 Å². The Hall–Kier alpha value is -0.770. The Kier molecular flexibility index (Phi) is 5.91. The minimum atomic E-state index is 0.0578. The average molecular weight is 329 g/mol. The fourth-order valence-electron chi connectivity index (χ4n) is 2.72. The Morgan fingerprint density at radius 2 is 2.05 bits per heavy atom. The molecule has 5 heteroatoms. The summed E-state index contributed by atoms with van der Waals surface area (Å²) in [7, 11) is 0. The Morgan fingerprint density at radius 3 is 2.67 bits per heavy atom. The minimum absolute atomic E-state index is 0.0578. The zero-order valence-electron chi connectivity index (χ0n) is 12.5. The summed E-state index contributed by atoms with van der Waals surface area (Å²) in [6.07, 6.45) is 1.98. The van der Waals surface area contributed by atoms with Crippen molar-refractivity contribution in [1.82, 2.24) is 10.2 Å². The van der Waals surface area contributed by atoms with E-state index in [1.54, 1.807) is 0 Å². The predicted octanol–water partition coefficient (Wildman–Crippen LogP) is 3.73. The second-order valence-electron chi connectivity index (χ2n) is 5.94. The lowest BCUT2D eigenvalue weighted by Crippen LogP contribution is -2.44. The number of carbonyl (C=O) groups excluding carboxylic acids is 1. The summed E-state index contributed by atoms with van der Waals surface area (Å²) in [6, 6.07) is 5.75. The summed E-state index contributed by atoms with van der Waals surface area (Å²) in [5.41, 5.74) is 0.950. The van der Waals surface area contributed by atoms with Crippen LogP contribution in [-0.4, -0.2) is 29.9 Å². The fourth-order valence-corrected chi connectivity index (χ4v) is 3.24. The number of rotatable bonds is 4. The first-order valence-electron chi connectivity index (χ1n) is 7.43. The second kappa shape index (κ2) is 7.48. The van der Waals surface area contributed by atoms with Gasteiger partial charge < -0.3 is 5.32 Å². The van der Waals surface area contributed by atoms with E-state index in [4.69, 9.17) is 23.2 Å². The van der Waals surface area contributed by atoms with Crippen molar-refractivity contribution < 1.29 is 4.79 Å². The first-order chi connectivity index (χ1) is 9.97. The summed E-state index contributed by atoms with van der Waals surface area (Å²) >= 11 is 12.5. The van der Waals surface area contributed by atoms with Crippen LogP contribution in [0.3, 0.4) is 0 Å². The highest BCUT2D eigenvalue weighted by atomic mass is 35.5. The van der Waals surface area contributed by atoms with Crippen molar-refractivity contribution in [2.45, 2.75) is 39.3 Å². The number of benzene rings is 1. The van der Waals surface area contributed by atoms with Gasteiger partial charge in [0.1, 0.15) is 0 Å². The molecule has 0 spiro atoms. The van der Waals surface area contributed by atoms with E-state index < -0.39 is 0 Å². The Labute approximate surface area is 136 Å². The molecule has 0 unspecified atom stereocenters. The highest BCUT2D eigenvalue weighted by Crippen LogP contribution is 2.27. The molecule has 116 valence electrons. The van der Waals surface area contributed by atoms with E-state index in [-0.39, 0.29) is 17.9 Å². The quantitative estimate of drug-likeness (QED) is 0.913. The first-order valence-corrected chi connectivity index (χ1v) is 8.18. The van der Waals surface area contributed by atoms with Gasteiger partial charge in [-0.1, -0.05) is 29.3 Å². The Morgan fingerprint density at radius 1 is 1.38 bits per heavy atom. The molecule has 2 rings (SSSR count). The van der Waals surface area contributed by atoms with E-state index in [0.717, 1.165) is 31.5 Å². The van der Waals surface area contributed by atoms with Crippen LogP contribution in [-0.2, 0) is 11.3 Å². The number of hydrogen-bond acceptors (Lipinski definition) is 2. The summed E-state index contributed by atoms with van der Waals surface area (Å²) < 4.78 is 0. The van der Waals surface area contributed by atoms with Crippen LogP contribution in [0.2, 0.25) is 10.0 Å². The highest BCUT2D eigenvalue weighted by molar-refractivity contribution is 6.35. The summed E-state index contributed by atoms with van der Waals surface area (Å²) in [5, 5.41) is 4.38. The predicted molar refractivity (Wildman–Crippen MR) is 87.7 cm³/mol. The number of nitrogens with one attached hydrogen (secondary N) is 1. The molecule has 1 aromatic rings. The lowest BCUT2D eigenvalue weighted by Gasteiger charge is -2.32. The Bertz CT molecular complexity index is 485. The summed E-state index contributed by atoms with van der Waals surface area (Å²) in [5.74, 6) is 0.211. The van der Waals surface area contributed by atoms with Gasteiger partial charge in [0.05, 0.1) is 5.92 Å². The van der Waals surface area contributed by atoms with Gasteiger partial charge in [-0.25, -0.2) is 0 Å². The molecule has 0 saturated carbocycles. The largest absolute Gasteiger partial charge is 0.354 e. The van der Waals surface area contributed by atoms with Crippen molar-refractivity contribution in [2.75, 3.05) is 13.1 Å². The van der Waals surface area contributed by atoms with Crippen LogP contribution in [0.25, 0.3) is 0 Å². The smallest absolute Gasteiger partial charge is 0.224 e. The van der Waals surface area contributed by atoms with E-state index in [0.29, 0.717) is 16.6 Å². The number of carbonyl (C=O) groups is 1. The fraction of sp³-hybridized carbons (Fsp3) is 0.562. The molecule has 21 heavy (non-hydrogen) atoms. The monoisotopic (exact) mass is 328 g/mol. The number of piperidine rings is 1. The maximum Gasteiger partial charge on any atom is 0.224 e. The van der Waals surface area contributed by atoms with Gasteiger partial charge in [0.25, 0.3) is 0 Å². The molecule has 0 bridgehead atoms. The molecule has 1 aliphatic rings. The van der Waals surface area contributed by atoms with Gasteiger partial charge >= 0.3 is 0 Å². The van der Waals surface area contributed by atoms with E-state index in [9.17, 15) is 4.79 Å². The maximum absolute atomic E-state index is 12.2. The van der Waals surface area contributed by atoms with Gasteiger partial charge in [0.15, 0.2) is 0 Å². The third-order valence-electron chi connectivity index (χ3n) is 3.75. The molecule has 1 N–H and O–H groups in total. The van der Waals surface area contributed by atoms with Crippen LogP contribution in [0.1, 0.15) is 32.3 Å². The second-order valence-corrected chi connectivity index (χ2v) is 6.75.